The van der Waals surface area contributed by atoms with Gasteiger partial charge in [0, 0.05) is 19.3 Å². The molecule has 0 aliphatic heterocycles. The van der Waals surface area contributed by atoms with Crippen molar-refractivity contribution in [2.24, 2.45) is 0 Å². The molecule has 0 aliphatic rings. The zero-order valence-corrected chi connectivity index (χ0v) is 8.25. The number of nitrogens with one attached hydrogen (secondary N) is 1. The maximum absolute atomic E-state index is 8.88. The highest BCUT2D eigenvalue weighted by Crippen LogP contribution is 2.08. The number of nitrogens with zero attached hydrogens (tertiary/aromatic N) is 4. The molecular weight excluding hydrogens is 194 g/mol. The van der Waals surface area contributed by atoms with E-state index in [0.717, 1.165) is 5.82 Å². The maximum atomic E-state index is 8.88. The molecule has 0 amide bonds. The molecule has 2 N–H and O–H groups in total. The summed E-state index contributed by atoms with van der Waals surface area (Å²) in [5.74, 6) is 1.38. The van der Waals surface area contributed by atoms with Crippen molar-refractivity contribution in [2.45, 2.75) is 6.61 Å². The van der Waals surface area contributed by atoms with Crippen LogP contribution < -0.4 is 5.32 Å². The summed E-state index contributed by atoms with van der Waals surface area (Å²) in [5, 5.41) is 15.9. The van der Waals surface area contributed by atoms with E-state index in [4.69, 9.17) is 5.11 Å². The largest absolute Gasteiger partial charge is 0.390 e. The van der Waals surface area contributed by atoms with E-state index in [0.29, 0.717) is 11.5 Å². The molecule has 2 aromatic rings. The van der Waals surface area contributed by atoms with Crippen molar-refractivity contribution in [3.8, 4) is 5.82 Å². The molecule has 2 aromatic heterocycles. The van der Waals surface area contributed by atoms with Crippen LogP contribution in [-0.2, 0) is 6.61 Å². The van der Waals surface area contributed by atoms with Gasteiger partial charge in [-0.05, 0) is 6.07 Å². The quantitative estimate of drug-likeness (QED) is 0.748. The second kappa shape index (κ2) is 4.05. The first-order chi connectivity index (χ1) is 7.33. The van der Waals surface area contributed by atoms with Gasteiger partial charge in [0.15, 0.2) is 5.82 Å². The molecule has 0 saturated heterocycles. The van der Waals surface area contributed by atoms with Gasteiger partial charge in [-0.1, -0.05) is 0 Å². The van der Waals surface area contributed by atoms with Gasteiger partial charge in [0.05, 0.1) is 12.3 Å². The number of aliphatic hydroxyl groups excluding tert-OH is 1. The van der Waals surface area contributed by atoms with Crippen LogP contribution in [0.25, 0.3) is 5.82 Å². The summed E-state index contributed by atoms with van der Waals surface area (Å²) in [6, 6.07) is 3.51. The number of aromatic nitrogens is 4. The molecule has 78 valence electrons. The number of hydrogen-bond acceptors (Lipinski definition) is 5. The first-order valence-electron chi connectivity index (χ1n) is 4.49. The van der Waals surface area contributed by atoms with E-state index in [9.17, 15) is 0 Å². The van der Waals surface area contributed by atoms with Crippen LogP contribution in [0, 0.1) is 0 Å². The third-order valence-electron chi connectivity index (χ3n) is 1.95. The summed E-state index contributed by atoms with van der Waals surface area (Å²) < 4.78 is 1.59. The molecule has 0 atom stereocenters. The fourth-order valence-corrected chi connectivity index (χ4v) is 1.18. The lowest BCUT2D eigenvalue weighted by molar-refractivity contribution is 0.276. The Morgan fingerprint density at radius 2 is 2.33 bits per heavy atom. The third kappa shape index (κ3) is 1.94. The van der Waals surface area contributed by atoms with E-state index in [1.54, 1.807) is 30.1 Å². The minimum absolute atomic E-state index is 0.0725. The Hall–Kier alpha value is -1.95. The number of anilines is 1. The Morgan fingerprint density at radius 1 is 1.47 bits per heavy atom. The van der Waals surface area contributed by atoms with Gasteiger partial charge in [-0.25, -0.2) is 14.6 Å². The zero-order chi connectivity index (χ0) is 10.7. The van der Waals surface area contributed by atoms with Crippen molar-refractivity contribution >= 4 is 5.82 Å². The fourth-order valence-electron chi connectivity index (χ4n) is 1.18. The summed E-state index contributed by atoms with van der Waals surface area (Å²) in [5.41, 5.74) is 0.611. The highest BCUT2D eigenvalue weighted by Gasteiger charge is 2.02. The maximum Gasteiger partial charge on any atom is 0.158 e. The highest BCUT2D eigenvalue weighted by molar-refractivity contribution is 5.39. The summed E-state index contributed by atoms with van der Waals surface area (Å²) in [6.07, 6.45) is 3.20. The monoisotopic (exact) mass is 205 g/mol. The van der Waals surface area contributed by atoms with Gasteiger partial charge in [0.1, 0.15) is 12.1 Å². The predicted molar refractivity (Wildman–Crippen MR) is 54.6 cm³/mol. The molecule has 2 heterocycles. The Bertz CT molecular complexity index is 453. The van der Waals surface area contributed by atoms with Gasteiger partial charge in [-0.15, -0.1) is 0 Å². The Labute approximate surface area is 86.6 Å². The van der Waals surface area contributed by atoms with Gasteiger partial charge in [0.2, 0.25) is 0 Å². The molecule has 0 spiro atoms. The van der Waals surface area contributed by atoms with E-state index in [2.05, 4.69) is 20.4 Å². The smallest absolute Gasteiger partial charge is 0.158 e. The van der Waals surface area contributed by atoms with Gasteiger partial charge in [-0.3, -0.25) is 0 Å². The van der Waals surface area contributed by atoms with Crippen LogP contribution in [0.2, 0.25) is 0 Å². The zero-order valence-electron chi connectivity index (χ0n) is 8.25. The van der Waals surface area contributed by atoms with Crippen LogP contribution in [0.3, 0.4) is 0 Å². The standard InChI is InChI=1S/C9H11N5O/c1-10-8-4-9(12-6-11-8)14-3-2-7(5-15)13-14/h2-4,6,15H,5H2,1H3,(H,10,11,12). The van der Waals surface area contributed by atoms with E-state index >= 15 is 0 Å². The minimum Gasteiger partial charge on any atom is -0.390 e. The molecule has 2 rings (SSSR count). The lowest BCUT2D eigenvalue weighted by atomic mass is 10.5. The average molecular weight is 205 g/mol. The molecule has 6 nitrogen and oxygen atoms in total. The van der Waals surface area contributed by atoms with Crippen LogP contribution in [0.15, 0.2) is 24.7 Å². The summed E-state index contributed by atoms with van der Waals surface area (Å²) in [6.45, 7) is -0.0725. The van der Waals surface area contributed by atoms with E-state index in [-0.39, 0.29) is 6.61 Å². The Balaban J connectivity index is 2.35. The first-order valence-corrected chi connectivity index (χ1v) is 4.49. The van der Waals surface area contributed by atoms with Crippen molar-refractivity contribution in [3.63, 3.8) is 0 Å². The van der Waals surface area contributed by atoms with Gasteiger partial charge in [0.25, 0.3) is 0 Å². The fraction of sp³-hybridized carbons (Fsp3) is 0.222. The molecule has 6 heteroatoms. The topological polar surface area (TPSA) is 75.9 Å². The molecule has 0 aliphatic carbocycles. The molecule has 0 saturated carbocycles. The molecule has 0 radical (unpaired) electrons. The van der Waals surface area contributed by atoms with Crippen molar-refractivity contribution < 1.29 is 5.11 Å². The van der Waals surface area contributed by atoms with Crippen molar-refractivity contribution in [1.82, 2.24) is 19.7 Å². The average Bonchev–Trinajstić information content (AvgIpc) is 2.78. The summed E-state index contributed by atoms with van der Waals surface area (Å²) >= 11 is 0. The molecule has 0 fully saturated rings. The Kier molecular flexibility index (Phi) is 2.59. The van der Waals surface area contributed by atoms with Crippen molar-refractivity contribution in [3.05, 3.63) is 30.4 Å². The van der Waals surface area contributed by atoms with Crippen LogP contribution >= 0.6 is 0 Å². The van der Waals surface area contributed by atoms with Gasteiger partial charge < -0.3 is 10.4 Å². The van der Waals surface area contributed by atoms with Crippen LogP contribution in [0.4, 0.5) is 5.82 Å². The van der Waals surface area contributed by atoms with Crippen LogP contribution in [-0.4, -0.2) is 31.9 Å². The summed E-state index contributed by atoms with van der Waals surface area (Å²) in [7, 11) is 1.79. The third-order valence-corrected chi connectivity index (χ3v) is 1.95. The van der Waals surface area contributed by atoms with Crippen molar-refractivity contribution in [1.29, 1.82) is 0 Å². The number of aliphatic hydroxyl groups is 1. The Morgan fingerprint density at radius 3 is 3.00 bits per heavy atom. The van der Waals surface area contributed by atoms with Crippen LogP contribution in [0.5, 0.6) is 0 Å². The second-order valence-corrected chi connectivity index (χ2v) is 2.92. The van der Waals surface area contributed by atoms with Crippen LogP contribution in [0.1, 0.15) is 5.69 Å². The lowest BCUT2D eigenvalue weighted by Crippen LogP contribution is -2.02. The van der Waals surface area contributed by atoms with E-state index in [1.807, 2.05) is 0 Å². The highest BCUT2D eigenvalue weighted by atomic mass is 16.3. The summed E-state index contributed by atoms with van der Waals surface area (Å²) in [4.78, 5) is 8.07. The normalized spacial score (nSPS) is 10.3. The number of rotatable bonds is 3. The minimum atomic E-state index is -0.0725. The molecule has 0 aromatic carbocycles. The SMILES string of the molecule is CNc1cc(-n2ccc(CO)n2)ncn1. The predicted octanol–water partition coefficient (Wildman–Crippen LogP) is 0.196. The molecule has 0 unspecified atom stereocenters. The molecule has 0 bridgehead atoms. The lowest BCUT2D eigenvalue weighted by Gasteiger charge is -2.02. The molecule has 15 heavy (non-hydrogen) atoms. The van der Waals surface area contributed by atoms with Gasteiger partial charge in [-0.2, -0.15) is 5.10 Å². The first kappa shape index (κ1) is 9.60. The van der Waals surface area contributed by atoms with Gasteiger partial charge >= 0.3 is 0 Å². The number of hydrogen-bond donors (Lipinski definition) is 2. The van der Waals surface area contributed by atoms with E-state index in [1.165, 1.54) is 6.33 Å². The van der Waals surface area contributed by atoms with Crippen molar-refractivity contribution in [2.75, 3.05) is 12.4 Å². The van der Waals surface area contributed by atoms with E-state index < -0.39 is 0 Å². The second-order valence-electron chi connectivity index (χ2n) is 2.92. The molecular formula is C9H11N5O.